The summed E-state index contributed by atoms with van der Waals surface area (Å²) in [7, 11) is 0. The minimum atomic E-state index is -0.161. The molecular formula is C9H10N2OS. The summed E-state index contributed by atoms with van der Waals surface area (Å²) < 4.78 is 0. The lowest BCUT2D eigenvalue weighted by atomic mass is 10.3. The highest BCUT2D eigenvalue weighted by molar-refractivity contribution is 7.14. The van der Waals surface area contributed by atoms with Crippen LogP contribution >= 0.6 is 11.3 Å². The van der Waals surface area contributed by atoms with E-state index in [-0.39, 0.29) is 5.91 Å². The van der Waals surface area contributed by atoms with Crippen LogP contribution in [-0.4, -0.2) is 10.9 Å². The number of nitrogens with one attached hydrogen (secondary N) is 1. The third-order valence-electron chi connectivity index (χ3n) is 1.98. The first kappa shape index (κ1) is 8.44. The zero-order chi connectivity index (χ0) is 9.26. The number of anilines is 1. The van der Waals surface area contributed by atoms with Crippen molar-refractivity contribution in [1.29, 1.82) is 0 Å². The number of carbonyl (C=O) groups is 1. The Morgan fingerprint density at radius 2 is 2.54 bits per heavy atom. The Kier molecular flexibility index (Phi) is 2.14. The quantitative estimate of drug-likeness (QED) is 0.749. The molecule has 0 aromatic carbocycles. The molecule has 0 saturated heterocycles. The Morgan fingerprint density at radius 3 is 3.15 bits per heavy atom. The van der Waals surface area contributed by atoms with E-state index >= 15 is 0 Å². The van der Waals surface area contributed by atoms with Gasteiger partial charge in [-0.05, 0) is 18.9 Å². The summed E-state index contributed by atoms with van der Waals surface area (Å²) in [4.78, 5) is 15.3. The fraction of sp³-hybridized carbons (Fsp3) is 0.333. The standard InChI is InChI=1S/C9H10N2OS/c1-2-7(12)11-9-8(6-3-4-6)10-5-13-9/h2,5-6H,1,3-4H2,(H,11,12). The molecule has 1 aromatic rings. The van der Waals surface area contributed by atoms with Crippen LogP contribution in [0.1, 0.15) is 24.5 Å². The lowest BCUT2D eigenvalue weighted by molar-refractivity contribution is -0.111. The summed E-state index contributed by atoms with van der Waals surface area (Å²) >= 11 is 1.47. The highest BCUT2D eigenvalue weighted by atomic mass is 32.1. The maximum Gasteiger partial charge on any atom is 0.248 e. The Hall–Kier alpha value is -1.16. The third kappa shape index (κ3) is 1.78. The largest absolute Gasteiger partial charge is 0.313 e. The molecule has 3 nitrogen and oxygen atoms in total. The molecule has 1 fully saturated rings. The molecule has 2 rings (SSSR count). The van der Waals surface area contributed by atoms with E-state index in [4.69, 9.17) is 0 Å². The lowest BCUT2D eigenvalue weighted by Gasteiger charge is -1.99. The van der Waals surface area contributed by atoms with Crippen molar-refractivity contribution in [3.63, 3.8) is 0 Å². The average molecular weight is 194 g/mol. The molecule has 1 N–H and O–H groups in total. The van der Waals surface area contributed by atoms with Gasteiger partial charge in [-0.3, -0.25) is 4.79 Å². The van der Waals surface area contributed by atoms with Gasteiger partial charge in [-0.25, -0.2) is 4.98 Å². The number of thiazole rings is 1. The van der Waals surface area contributed by atoms with E-state index in [0.29, 0.717) is 5.92 Å². The normalized spacial score (nSPS) is 15.4. The van der Waals surface area contributed by atoms with Crippen molar-refractivity contribution in [2.75, 3.05) is 5.32 Å². The number of hydrogen-bond acceptors (Lipinski definition) is 3. The van der Waals surface area contributed by atoms with Crippen LogP contribution in [0.2, 0.25) is 0 Å². The molecule has 0 radical (unpaired) electrons. The van der Waals surface area contributed by atoms with Crippen molar-refractivity contribution in [1.82, 2.24) is 4.98 Å². The van der Waals surface area contributed by atoms with Gasteiger partial charge in [0.1, 0.15) is 5.00 Å². The summed E-state index contributed by atoms with van der Waals surface area (Å²) in [5, 5.41) is 3.64. The van der Waals surface area contributed by atoms with E-state index in [0.717, 1.165) is 10.7 Å². The molecule has 1 aliphatic rings. The van der Waals surface area contributed by atoms with Gasteiger partial charge in [0.25, 0.3) is 0 Å². The fourth-order valence-corrected chi connectivity index (χ4v) is 1.93. The molecule has 0 bridgehead atoms. The number of rotatable bonds is 3. The van der Waals surface area contributed by atoms with Crippen molar-refractivity contribution in [2.24, 2.45) is 0 Å². The minimum absolute atomic E-state index is 0.161. The average Bonchev–Trinajstić information content (AvgIpc) is 2.88. The van der Waals surface area contributed by atoms with Gasteiger partial charge in [-0.1, -0.05) is 6.58 Å². The topological polar surface area (TPSA) is 42.0 Å². The third-order valence-corrected chi connectivity index (χ3v) is 2.74. The van der Waals surface area contributed by atoms with Gasteiger partial charge in [0.05, 0.1) is 11.2 Å². The fourth-order valence-electron chi connectivity index (χ4n) is 1.16. The number of amides is 1. The van der Waals surface area contributed by atoms with Crippen molar-refractivity contribution < 1.29 is 4.79 Å². The summed E-state index contributed by atoms with van der Waals surface area (Å²) in [6.07, 6.45) is 3.66. The van der Waals surface area contributed by atoms with Crippen molar-refractivity contribution in [3.05, 3.63) is 23.9 Å². The predicted molar refractivity (Wildman–Crippen MR) is 52.9 cm³/mol. The van der Waals surface area contributed by atoms with E-state index in [9.17, 15) is 4.79 Å². The highest BCUT2D eigenvalue weighted by Gasteiger charge is 2.28. The number of nitrogens with zero attached hydrogens (tertiary/aromatic N) is 1. The van der Waals surface area contributed by atoms with E-state index in [2.05, 4.69) is 16.9 Å². The van der Waals surface area contributed by atoms with Crippen LogP contribution in [-0.2, 0) is 4.79 Å². The molecule has 1 aromatic heterocycles. The Labute approximate surface area is 80.5 Å². The van der Waals surface area contributed by atoms with Gasteiger partial charge in [-0.15, -0.1) is 11.3 Å². The van der Waals surface area contributed by atoms with Gasteiger partial charge in [0, 0.05) is 5.92 Å². The maximum absolute atomic E-state index is 11.0. The molecule has 13 heavy (non-hydrogen) atoms. The lowest BCUT2D eigenvalue weighted by Crippen LogP contribution is -2.07. The molecule has 1 heterocycles. The summed E-state index contributed by atoms with van der Waals surface area (Å²) in [6.45, 7) is 3.40. The number of aromatic nitrogens is 1. The molecule has 1 aliphatic carbocycles. The van der Waals surface area contributed by atoms with Crippen molar-refractivity contribution in [3.8, 4) is 0 Å². The molecule has 1 saturated carbocycles. The highest BCUT2D eigenvalue weighted by Crippen LogP contribution is 2.43. The van der Waals surface area contributed by atoms with E-state index in [1.54, 1.807) is 5.51 Å². The molecule has 0 unspecified atom stereocenters. The van der Waals surface area contributed by atoms with Crippen molar-refractivity contribution in [2.45, 2.75) is 18.8 Å². The molecule has 0 atom stereocenters. The second-order valence-electron chi connectivity index (χ2n) is 3.03. The number of hydrogen-bond donors (Lipinski definition) is 1. The van der Waals surface area contributed by atoms with Gasteiger partial charge < -0.3 is 5.32 Å². The van der Waals surface area contributed by atoms with Crippen LogP contribution in [0.4, 0.5) is 5.00 Å². The molecule has 4 heteroatoms. The SMILES string of the molecule is C=CC(=O)Nc1scnc1C1CC1. The summed E-state index contributed by atoms with van der Waals surface area (Å²) in [5.74, 6) is 0.414. The number of carbonyl (C=O) groups excluding carboxylic acids is 1. The monoisotopic (exact) mass is 194 g/mol. The van der Waals surface area contributed by atoms with Crippen LogP contribution in [0.25, 0.3) is 0 Å². The minimum Gasteiger partial charge on any atom is -0.313 e. The Balaban J connectivity index is 2.14. The van der Waals surface area contributed by atoms with Crippen LogP contribution in [0.5, 0.6) is 0 Å². The van der Waals surface area contributed by atoms with E-state index < -0.39 is 0 Å². The van der Waals surface area contributed by atoms with Gasteiger partial charge in [0.2, 0.25) is 5.91 Å². The maximum atomic E-state index is 11.0. The Bertz CT molecular complexity index is 341. The first-order valence-corrected chi connectivity index (χ1v) is 5.06. The predicted octanol–water partition coefficient (Wildman–Crippen LogP) is 2.14. The zero-order valence-corrected chi connectivity index (χ0v) is 7.93. The summed E-state index contributed by atoms with van der Waals surface area (Å²) in [6, 6.07) is 0. The first-order valence-electron chi connectivity index (χ1n) is 4.18. The van der Waals surface area contributed by atoms with Gasteiger partial charge in [-0.2, -0.15) is 0 Å². The Morgan fingerprint density at radius 1 is 1.77 bits per heavy atom. The summed E-state index contributed by atoms with van der Waals surface area (Å²) in [5.41, 5.74) is 2.81. The molecule has 1 amide bonds. The van der Waals surface area contributed by atoms with Gasteiger partial charge >= 0.3 is 0 Å². The molecule has 0 aliphatic heterocycles. The van der Waals surface area contributed by atoms with Gasteiger partial charge in [0.15, 0.2) is 0 Å². The van der Waals surface area contributed by atoms with E-state index in [1.165, 1.54) is 30.3 Å². The molecule has 68 valence electrons. The van der Waals surface area contributed by atoms with Crippen molar-refractivity contribution >= 4 is 22.2 Å². The molecule has 0 spiro atoms. The first-order chi connectivity index (χ1) is 6.31. The van der Waals surface area contributed by atoms with Crippen LogP contribution in [0.15, 0.2) is 18.2 Å². The smallest absolute Gasteiger partial charge is 0.248 e. The van der Waals surface area contributed by atoms with E-state index in [1.807, 2.05) is 0 Å². The second-order valence-corrected chi connectivity index (χ2v) is 3.89. The molecular weight excluding hydrogens is 184 g/mol. The van der Waals surface area contributed by atoms with Crippen LogP contribution in [0.3, 0.4) is 0 Å². The second kappa shape index (κ2) is 3.30. The van der Waals surface area contributed by atoms with Crippen LogP contribution < -0.4 is 5.32 Å². The van der Waals surface area contributed by atoms with Crippen LogP contribution in [0, 0.1) is 0 Å². The zero-order valence-electron chi connectivity index (χ0n) is 7.12.